The first-order valence-corrected chi connectivity index (χ1v) is 3.76. The summed E-state index contributed by atoms with van der Waals surface area (Å²) >= 11 is 0. The van der Waals surface area contributed by atoms with Gasteiger partial charge in [0.1, 0.15) is 6.17 Å². The molecule has 1 heterocycles. The van der Waals surface area contributed by atoms with Crippen LogP contribution in [0.15, 0.2) is 0 Å². The lowest BCUT2D eigenvalue weighted by molar-refractivity contribution is 0.110. The number of piperidine rings is 1. The van der Waals surface area contributed by atoms with E-state index in [9.17, 15) is 4.39 Å². The lowest BCUT2D eigenvalue weighted by Gasteiger charge is -2.31. The summed E-state index contributed by atoms with van der Waals surface area (Å²) in [6.45, 7) is 2.17. The maximum Gasteiger partial charge on any atom is 0.107 e. The van der Waals surface area contributed by atoms with Gasteiger partial charge in [-0.3, -0.25) is 0 Å². The standard InChI is InChI=1S/C7H15FN2/c1-10-3-2-7(8)6(4-9)5-10/h6-7H,2-5,9H2,1H3. The third kappa shape index (κ3) is 1.67. The van der Waals surface area contributed by atoms with Gasteiger partial charge >= 0.3 is 0 Å². The fraction of sp³-hybridized carbons (Fsp3) is 1.00. The molecule has 2 atom stereocenters. The van der Waals surface area contributed by atoms with Crippen LogP contribution in [0.25, 0.3) is 0 Å². The van der Waals surface area contributed by atoms with Crippen LogP contribution in [-0.2, 0) is 0 Å². The van der Waals surface area contributed by atoms with Crippen molar-refractivity contribution in [3.8, 4) is 0 Å². The molecular formula is C7H15FN2. The molecule has 2 unspecified atom stereocenters. The Kier molecular flexibility index (Phi) is 2.63. The average molecular weight is 146 g/mol. The highest BCUT2D eigenvalue weighted by Gasteiger charge is 2.25. The fourth-order valence-corrected chi connectivity index (χ4v) is 1.41. The summed E-state index contributed by atoms with van der Waals surface area (Å²) in [6.07, 6.45) is -0.0144. The minimum absolute atomic E-state index is 0.0683. The summed E-state index contributed by atoms with van der Waals surface area (Å²) in [6, 6.07) is 0. The van der Waals surface area contributed by atoms with E-state index < -0.39 is 6.17 Å². The number of hydrogen-bond acceptors (Lipinski definition) is 2. The Morgan fingerprint density at radius 1 is 1.70 bits per heavy atom. The highest BCUT2D eigenvalue weighted by atomic mass is 19.1. The molecule has 3 heteroatoms. The summed E-state index contributed by atoms with van der Waals surface area (Å²) in [5.41, 5.74) is 5.39. The van der Waals surface area contributed by atoms with Crippen LogP contribution in [0.2, 0.25) is 0 Å². The van der Waals surface area contributed by atoms with Gasteiger partial charge in [-0.2, -0.15) is 0 Å². The van der Waals surface area contributed by atoms with Crippen molar-refractivity contribution in [2.45, 2.75) is 12.6 Å². The quantitative estimate of drug-likeness (QED) is 0.574. The van der Waals surface area contributed by atoms with Crippen molar-refractivity contribution in [2.75, 3.05) is 26.7 Å². The van der Waals surface area contributed by atoms with E-state index in [1.165, 1.54) is 0 Å². The van der Waals surface area contributed by atoms with E-state index in [1.807, 2.05) is 7.05 Å². The predicted molar refractivity (Wildman–Crippen MR) is 39.6 cm³/mol. The average Bonchev–Trinajstić information content (AvgIpc) is 1.94. The molecule has 1 fully saturated rings. The van der Waals surface area contributed by atoms with Crippen molar-refractivity contribution in [3.63, 3.8) is 0 Å². The van der Waals surface area contributed by atoms with Gasteiger partial charge in [-0.15, -0.1) is 0 Å². The van der Waals surface area contributed by atoms with E-state index in [1.54, 1.807) is 0 Å². The van der Waals surface area contributed by atoms with Crippen molar-refractivity contribution in [1.29, 1.82) is 0 Å². The second-order valence-corrected chi connectivity index (χ2v) is 3.06. The van der Waals surface area contributed by atoms with Crippen LogP contribution in [0.5, 0.6) is 0 Å². The maximum atomic E-state index is 12.9. The van der Waals surface area contributed by atoms with Gasteiger partial charge in [0.2, 0.25) is 0 Å². The Morgan fingerprint density at radius 3 is 2.90 bits per heavy atom. The second-order valence-electron chi connectivity index (χ2n) is 3.06. The van der Waals surface area contributed by atoms with E-state index in [2.05, 4.69) is 4.90 Å². The molecule has 2 N–H and O–H groups in total. The van der Waals surface area contributed by atoms with E-state index in [4.69, 9.17) is 5.73 Å². The van der Waals surface area contributed by atoms with Gasteiger partial charge in [0.15, 0.2) is 0 Å². The van der Waals surface area contributed by atoms with Gasteiger partial charge in [0.05, 0.1) is 0 Å². The molecule has 0 bridgehead atoms. The zero-order valence-corrected chi connectivity index (χ0v) is 6.39. The number of nitrogens with two attached hydrogens (primary N) is 1. The Balaban J connectivity index is 2.38. The Bertz CT molecular complexity index is 108. The molecule has 1 saturated heterocycles. The van der Waals surface area contributed by atoms with Crippen molar-refractivity contribution in [1.82, 2.24) is 4.90 Å². The second kappa shape index (κ2) is 3.30. The number of halogens is 1. The van der Waals surface area contributed by atoms with Crippen LogP contribution >= 0.6 is 0 Å². The molecule has 0 aromatic carbocycles. The molecule has 0 aliphatic carbocycles. The number of alkyl halides is 1. The first kappa shape index (κ1) is 7.95. The molecule has 1 rings (SSSR count). The van der Waals surface area contributed by atoms with Crippen LogP contribution in [0.1, 0.15) is 6.42 Å². The first-order chi connectivity index (χ1) is 4.74. The summed E-state index contributed by atoms with van der Waals surface area (Å²) in [7, 11) is 2.01. The molecular weight excluding hydrogens is 131 g/mol. The molecule has 0 spiro atoms. The molecule has 0 radical (unpaired) electrons. The minimum Gasteiger partial charge on any atom is -0.330 e. The van der Waals surface area contributed by atoms with Gasteiger partial charge in [0, 0.05) is 19.0 Å². The number of rotatable bonds is 1. The van der Waals surface area contributed by atoms with Gasteiger partial charge < -0.3 is 10.6 Å². The van der Waals surface area contributed by atoms with E-state index in [-0.39, 0.29) is 5.92 Å². The summed E-state index contributed by atoms with van der Waals surface area (Å²) < 4.78 is 12.9. The van der Waals surface area contributed by atoms with Gasteiger partial charge in [-0.05, 0) is 20.0 Å². The molecule has 0 aromatic rings. The van der Waals surface area contributed by atoms with Crippen LogP contribution in [0.4, 0.5) is 4.39 Å². The third-order valence-corrected chi connectivity index (χ3v) is 2.15. The van der Waals surface area contributed by atoms with Crippen molar-refractivity contribution in [3.05, 3.63) is 0 Å². The highest BCUT2D eigenvalue weighted by Crippen LogP contribution is 2.17. The van der Waals surface area contributed by atoms with Crippen LogP contribution in [0.3, 0.4) is 0 Å². The lowest BCUT2D eigenvalue weighted by Crippen LogP contribution is -2.42. The number of hydrogen-bond donors (Lipinski definition) is 1. The van der Waals surface area contributed by atoms with Crippen LogP contribution in [0, 0.1) is 5.92 Å². The fourth-order valence-electron chi connectivity index (χ4n) is 1.41. The zero-order valence-electron chi connectivity index (χ0n) is 6.39. The summed E-state index contributed by atoms with van der Waals surface area (Å²) in [4.78, 5) is 2.13. The molecule has 60 valence electrons. The Labute approximate surface area is 61.2 Å². The topological polar surface area (TPSA) is 29.3 Å². The first-order valence-electron chi connectivity index (χ1n) is 3.76. The van der Waals surface area contributed by atoms with Gasteiger partial charge in [-0.1, -0.05) is 0 Å². The Hall–Kier alpha value is -0.150. The normalized spacial score (nSPS) is 36.3. The lowest BCUT2D eigenvalue weighted by atomic mass is 9.97. The predicted octanol–water partition coefficient (Wildman–Crippen LogP) is 0.235. The van der Waals surface area contributed by atoms with Crippen LogP contribution in [-0.4, -0.2) is 37.8 Å². The van der Waals surface area contributed by atoms with E-state index in [0.717, 1.165) is 13.1 Å². The highest BCUT2D eigenvalue weighted by molar-refractivity contribution is 4.78. The molecule has 1 aliphatic heterocycles. The monoisotopic (exact) mass is 146 g/mol. The van der Waals surface area contributed by atoms with Crippen molar-refractivity contribution < 1.29 is 4.39 Å². The molecule has 2 nitrogen and oxygen atoms in total. The Morgan fingerprint density at radius 2 is 2.40 bits per heavy atom. The molecule has 10 heavy (non-hydrogen) atoms. The molecule has 0 amide bonds. The smallest absolute Gasteiger partial charge is 0.107 e. The molecule has 1 aliphatic rings. The van der Waals surface area contributed by atoms with Crippen molar-refractivity contribution >= 4 is 0 Å². The zero-order chi connectivity index (χ0) is 7.56. The SMILES string of the molecule is CN1CCC(F)C(CN)C1. The number of likely N-dealkylation sites (tertiary alicyclic amines) is 1. The molecule has 0 aromatic heterocycles. The molecule has 0 saturated carbocycles. The van der Waals surface area contributed by atoms with Crippen LogP contribution < -0.4 is 5.73 Å². The number of nitrogens with zero attached hydrogens (tertiary/aromatic N) is 1. The maximum absolute atomic E-state index is 12.9. The van der Waals surface area contributed by atoms with E-state index >= 15 is 0 Å². The minimum atomic E-state index is -0.666. The van der Waals surface area contributed by atoms with Gasteiger partial charge in [0.25, 0.3) is 0 Å². The summed E-state index contributed by atoms with van der Waals surface area (Å²) in [5, 5.41) is 0. The third-order valence-electron chi connectivity index (χ3n) is 2.15. The summed E-state index contributed by atoms with van der Waals surface area (Å²) in [5.74, 6) is 0.0683. The van der Waals surface area contributed by atoms with E-state index in [0.29, 0.717) is 13.0 Å². The largest absolute Gasteiger partial charge is 0.330 e. The van der Waals surface area contributed by atoms with Gasteiger partial charge in [-0.25, -0.2) is 4.39 Å². The van der Waals surface area contributed by atoms with Crippen molar-refractivity contribution in [2.24, 2.45) is 11.7 Å².